The molecule has 0 unspecified atom stereocenters. The molecule has 2 aliphatic heterocycles. The van der Waals surface area contributed by atoms with E-state index in [2.05, 4.69) is 20.3 Å². The molecule has 0 bridgehead atoms. The largest absolute Gasteiger partial charge is 0.379 e. The lowest BCUT2D eigenvalue weighted by molar-refractivity contribution is 0.375. The highest BCUT2D eigenvalue weighted by Crippen LogP contribution is 2.40. The molecule has 3 N–H and O–H groups in total. The van der Waals surface area contributed by atoms with Gasteiger partial charge in [-0.2, -0.15) is 0 Å². The van der Waals surface area contributed by atoms with Crippen LogP contribution in [0.15, 0.2) is 23.6 Å². The minimum absolute atomic E-state index is 0.288. The van der Waals surface area contributed by atoms with E-state index >= 15 is 0 Å². The fraction of sp³-hybridized carbons (Fsp3) is 0.500. The second kappa shape index (κ2) is 3.71. The molecular formula is C10H13N5S. The molecule has 1 aromatic rings. The molecule has 0 radical (unpaired) electrons. The zero-order chi connectivity index (χ0) is 11.0. The number of aliphatic imine (C=N–C) groups is 1. The number of thioether (sulfide) groups is 1. The predicted octanol–water partition coefficient (Wildman–Crippen LogP) is -0.0472. The molecule has 16 heavy (non-hydrogen) atoms. The quantitative estimate of drug-likeness (QED) is 0.714. The number of nitrogens with zero attached hydrogens (tertiary/aromatic N) is 3. The summed E-state index contributed by atoms with van der Waals surface area (Å²) in [7, 11) is 0. The third kappa shape index (κ3) is 1.41. The molecule has 1 fully saturated rings. The maximum absolute atomic E-state index is 5.85. The highest BCUT2D eigenvalue weighted by Gasteiger charge is 2.47. The van der Waals surface area contributed by atoms with E-state index in [1.54, 1.807) is 30.4 Å². The van der Waals surface area contributed by atoms with Crippen LogP contribution in [0, 0.1) is 5.92 Å². The lowest BCUT2D eigenvalue weighted by Crippen LogP contribution is -2.40. The maximum Gasteiger partial charge on any atom is 0.154 e. The van der Waals surface area contributed by atoms with Crippen LogP contribution in [0.2, 0.25) is 0 Å². The first-order valence-corrected chi connectivity index (χ1v) is 6.25. The summed E-state index contributed by atoms with van der Waals surface area (Å²) in [4.78, 5) is 13.2. The molecule has 84 valence electrons. The minimum atomic E-state index is -0.288. The fourth-order valence-electron chi connectivity index (χ4n) is 2.37. The number of amidine groups is 1. The van der Waals surface area contributed by atoms with Crippen molar-refractivity contribution in [3.05, 3.63) is 24.3 Å². The molecule has 2 aliphatic rings. The van der Waals surface area contributed by atoms with Crippen LogP contribution in [0.1, 0.15) is 5.69 Å². The van der Waals surface area contributed by atoms with Crippen molar-refractivity contribution in [3.8, 4) is 0 Å². The van der Waals surface area contributed by atoms with Gasteiger partial charge in [0.2, 0.25) is 0 Å². The van der Waals surface area contributed by atoms with E-state index in [-0.39, 0.29) is 5.54 Å². The number of hydrogen-bond donors (Lipinski definition) is 2. The number of fused-ring (bicyclic) bond motifs is 1. The van der Waals surface area contributed by atoms with Crippen molar-refractivity contribution in [2.24, 2.45) is 16.6 Å². The molecule has 2 atom stereocenters. The second-order valence-electron chi connectivity index (χ2n) is 4.10. The molecule has 5 nitrogen and oxygen atoms in total. The summed E-state index contributed by atoms with van der Waals surface area (Å²) in [5.41, 5.74) is 6.49. The van der Waals surface area contributed by atoms with Crippen LogP contribution in [0.5, 0.6) is 0 Å². The van der Waals surface area contributed by atoms with Crippen molar-refractivity contribution < 1.29 is 0 Å². The molecule has 1 saturated heterocycles. The van der Waals surface area contributed by atoms with E-state index in [0.717, 1.165) is 24.5 Å². The number of aromatic nitrogens is 2. The maximum atomic E-state index is 5.85. The topological polar surface area (TPSA) is 76.2 Å². The zero-order valence-electron chi connectivity index (χ0n) is 8.76. The Morgan fingerprint density at radius 2 is 2.44 bits per heavy atom. The van der Waals surface area contributed by atoms with Gasteiger partial charge in [-0.15, -0.1) is 0 Å². The molecule has 3 rings (SSSR count). The van der Waals surface area contributed by atoms with Gasteiger partial charge in [-0.25, -0.2) is 4.99 Å². The zero-order valence-corrected chi connectivity index (χ0v) is 9.57. The van der Waals surface area contributed by atoms with Crippen LogP contribution in [0.25, 0.3) is 0 Å². The van der Waals surface area contributed by atoms with Crippen LogP contribution in [0.3, 0.4) is 0 Å². The Hall–Kier alpha value is -1.14. The Morgan fingerprint density at radius 3 is 3.25 bits per heavy atom. The first-order chi connectivity index (χ1) is 7.81. The smallest absolute Gasteiger partial charge is 0.154 e. The second-order valence-corrected chi connectivity index (χ2v) is 5.14. The van der Waals surface area contributed by atoms with Crippen LogP contribution in [0.4, 0.5) is 0 Å². The molecule has 6 heteroatoms. The number of nitrogens with one attached hydrogen (secondary N) is 1. The van der Waals surface area contributed by atoms with Gasteiger partial charge >= 0.3 is 0 Å². The summed E-state index contributed by atoms with van der Waals surface area (Å²) >= 11 is 1.63. The number of nitrogens with two attached hydrogens (primary N) is 1. The lowest BCUT2D eigenvalue weighted by atomic mass is 9.86. The van der Waals surface area contributed by atoms with Crippen LogP contribution in [-0.2, 0) is 5.54 Å². The van der Waals surface area contributed by atoms with E-state index in [1.807, 2.05) is 0 Å². The van der Waals surface area contributed by atoms with E-state index in [0.29, 0.717) is 11.1 Å². The SMILES string of the molecule is NC1=N[C@@]2(c3cnccn3)CNC[C@H]2CS1. The summed E-state index contributed by atoms with van der Waals surface area (Å²) in [5, 5.41) is 4.04. The van der Waals surface area contributed by atoms with Gasteiger partial charge in [0.15, 0.2) is 5.17 Å². The van der Waals surface area contributed by atoms with Gasteiger partial charge in [0, 0.05) is 37.2 Å². The van der Waals surface area contributed by atoms with Crippen molar-refractivity contribution in [2.75, 3.05) is 18.8 Å². The average Bonchev–Trinajstić information content (AvgIpc) is 2.74. The lowest BCUT2D eigenvalue weighted by Gasteiger charge is -2.33. The van der Waals surface area contributed by atoms with Gasteiger partial charge in [0.1, 0.15) is 5.54 Å². The van der Waals surface area contributed by atoms with Gasteiger partial charge in [0.05, 0.1) is 11.9 Å². The molecular weight excluding hydrogens is 222 g/mol. The first kappa shape index (κ1) is 10.0. The monoisotopic (exact) mass is 235 g/mol. The van der Waals surface area contributed by atoms with Gasteiger partial charge in [-0.1, -0.05) is 11.8 Å². The molecule has 3 heterocycles. The summed E-state index contributed by atoms with van der Waals surface area (Å²) < 4.78 is 0. The number of rotatable bonds is 1. The van der Waals surface area contributed by atoms with Crippen molar-refractivity contribution in [1.82, 2.24) is 15.3 Å². The Balaban J connectivity index is 2.10. The normalized spacial score (nSPS) is 33.2. The van der Waals surface area contributed by atoms with Crippen LogP contribution < -0.4 is 11.1 Å². The van der Waals surface area contributed by atoms with E-state index in [4.69, 9.17) is 5.73 Å². The standard InChI is InChI=1S/C10H13N5S/c11-9-15-10(8-4-12-1-2-14-8)6-13-3-7(10)5-16-9/h1-2,4,7,13H,3,5-6H2,(H2,11,15)/t7-,10-/m0/s1. The Labute approximate surface area is 98.0 Å². The van der Waals surface area contributed by atoms with Gasteiger partial charge < -0.3 is 11.1 Å². The predicted molar refractivity (Wildman–Crippen MR) is 64.2 cm³/mol. The minimum Gasteiger partial charge on any atom is -0.379 e. The third-order valence-corrected chi connectivity index (χ3v) is 4.17. The summed E-state index contributed by atoms with van der Waals surface area (Å²) in [6.45, 7) is 1.78. The van der Waals surface area contributed by atoms with Gasteiger partial charge in [-0.3, -0.25) is 9.97 Å². The number of hydrogen-bond acceptors (Lipinski definition) is 6. The van der Waals surface area contributed by atoms with Crippen LogP contribution >= 0.6 is 11.8 Å². The molecule has 0 aliphatic carbocycles. The Kier molecular flexibility index (Phi) is 2.33. The van der Waals surface area contributed by atoms with Crippen LogP contribution in [-0.4, -0.2) is 34.0 Å². The molecule has 0 saturated carbocycles. The van der Waals surface area contributed by atoms with Crippen molar-refractivity contribution in [2.45, 2.75) is 5.54 Å². The summed E-state index contributed by atoms with van der Waals surface area (Å²) in [6.07, 6.45) is 5.20. The first-order valence-electron chi connectivity index (χ1n) is 5.26. The summed E-state index contributed by atoms with van der Waals surface area (Å²) in [5.74, 6) is 1.46. The van der Waals surface area contributed by atoms with Gasteiger partial charge in [0.25, 0.3) is 0 Å². The van der Waals surface area contributed by atoms with Crippen molar-refractivity contribution in [3.63, 3.8) is 0 Å². The molecule has 0 spiro atoms. The highest BCUT2D eigenvalue weighted by atomic mass is 32.2. The molecule has 0 amide bonds. The van der Waals surface area contributed by atoms with E-state index in [1.165, 1.54) is 0 Å². The van der Waals surface area contributed by atoms with Crippen molar-refractivity contribution in [1.29, 1.82) is 0 Å². The van der Waals surface area contributed by atoms with E-state index in [9.17, 15) is 0 Å². The highest BCUT2D eigenvalue weighted by molar-refractivity contribution is 8.13. The average molecular weight is 235 g/mol. The van der Waals surface area contributed by atoms with Gasteiger partial charge in [-0.05, 0) is 0 Å². The molecule has 1 aromatic heterocycles. The van der Waals surface area contributed by atoms with Crippen molar-refractivity contribution >= 4 is 16.9 Å². The third-order valence-electron chi connectivity index (χ3n) is 3.21. The fourth-order valence-corrected chi connectivity index (χ4v) is 3.37. The Bertz CT molecular complexity index is 420. The Morgan fingerprint density at radius 1 is 1.50 bits per heavy atom. The van der Waals surface area contributed by atoms with E-state index < -0.39 is 0 Å². The molecule has 0 aromatic carbocycles. The summed E-state index contributed by atoms with van der Waals surface area (Å²) in [6, 6.07) is 0.